The monoisotopic (exact) mass is 212 g/mol. The van der Waals surface area contributed by atoms with E-state index in [1.165, 1.54) is 0 Å². The van der Waals surface area contributed by atoms with Crippen LogP contribution >= 0.6 is 0 Å². The van der Waals surface area contributed by atoms with Crippen LogP contribution in [0.5, 0.6) is 0 Å². The summed E-state index contributed by atoms with van der Waals surface area (Å²) in [5.74, 6) is 0.323. The molecule has 0 spiro atoms. The molecule has 3 nitrogen and oxygen atoms in total. The first-order valence-corrected chi connectivity index (χ1v) is 6.03. The van der Waals surface area contributed by atoms with Crippen LogP contribution in [0.3, 0.4) is 0 Å². The third-order valence-electron chi connectivity index (χ3n) is 3.23. The maximum absolute atomic E-state index is 12.4. The molecule has 15 heavy (non-hydrogen) atoms. The summed E-state index contributed by atoms with van der Waals surface area (Å²) >= 11 is 0. The van der Waals surface area contributed by atoms with Gasteiger partial charge in [-0.1, -0.05) is 6.92 Å². The molecule has 1 amide bonds. The first-order valence-electron chi connectivity index (χ1n) is 6.03. The van der Waals surface area contributed by atoms with Crippen molar-refractivity contribution >= 4 is 5.91 Å². The second-order valence-electron chi connectivity index (χ2n) is 5.08. The summed E-state index contributed by atoms with van der Waals surface area (Å²) in [5, 5.41) is 3.28. The molecule has 1 unspecified atom stereocenters. The van der Waals surface area contributed by atoms with E-state index in [1.54, 1.807) is 0 Å². The summed E-state index contributed by atoms with van der Waals surface area (Å²) in [5.41, 5.74) is -0.167. The van der Waals surface area contributed by atoms with Gasteiger partial charge in [0, 0.05) is 19.1 Å². The van der Waals surface area contributed by atoms with Crippen molar-refractivity contribution in [3.63, 3.8) is 0 Å². The normalized spacial score (nSPS) is 25.9. The maximum Gasteiger partial charge on any atom is 0.230 e. The van der Waals surface area contributed by atoms with Crippen molar-refractivity contribution in [1.29, 1.82) is 0 Å². The number of hydrogen-bond acceptors (Lipinski definition) is 2. The van der Waals surface area contributed by atoms with Crippen molar-refractivity contribution in [2.24, 2.45) is 5.41 Å². The Bertz CT molecular complexity index is 220. The fourth-order valence-electron chi connectivity index (χ4n) is 2.18. The van der Waals surface area contributed by atoms with Gasteiger partial charge in [0.15, 0.2) is 0 Å². The Morgan fingerprint density at radius 2 is 2.20 bits per heavy atom. The standard InChI is InChI=1S/C12H24N2O/c1-5-8-14(10(2)3)11(15)12(4)6-7-13-9-12/h10,13H,5-9H2,1-4H3. The Labute approximate surface area is 93.2 Å². The third-order valence-corrected chi connectivity index (χ3v) is 3.23. The van der Waals surface area contributed by atoms with Crippen LogP contribution < -0.4 is 5.32 Å². The molecule has 1 aliphatic heterocycles. The van der Waals surface area contributed by atoms with Crippen LogP contribution in [-0.4, -0.2) is 36.5 Å². The number of hydrogen-bond donors (Lipinski definition) is 1. The predicted octanol–water partition coefficient (Wildman–Crippen LogP) is 1.63. The molecule has 1 N–H and O–H groups in total. The first-order chi connectivity index (χ1) is 7.01. The Balaban J connectivity index is 2.70. The molecular formula is C12H24N2O. The van der Waals surface area contributed by atoms with E-state index in [0.29, 0.717) is 11.9 Å². The fourth-order valence-corrected chi connectivity index (χ4v) is 2.18. The van der Waals surface area contributed by atoms with E-state index in [2.05, 4.69) is 33.0 Å². The summed E-state index contributed by atoms with van der Waals surface area (Å²) in [7, 11) is 0. The number of amides is 1. The second kappa shape index (κ2) is 4.97. The minimum atomic E-state index is -0.167. The Kier molecular flexibility index (Phi) is 4.14. The molecule has 0 radical (unpaired) electrons. The van der Waals surface area contributed by atoms with Crippen LogP contribution in [0.2, 0.25) is 0 Å². The highest BCUT2D eigenvalue weighted by atomic mass is 16.2. The lowest BCUT2D eigenvalue weighted by molar-refractivity contribution is -0.142. The predicted molar refractivity (Wildman–Crippen MR) is 62.7 cm³/mol. The fraction of sp³-hybridized carbons (Fsp3) is 0.917. The Morgan fingerprint density at radius 3 is 2.60 bits per heavy atom. The second-order valence-corrected chi connectivity index (χ2v) is 5.08. The molecule has 3 heteroatoms. The molecule has 1 saturated heterocycles. The summed E-state index contributed by atoms with van der Waals surface area (Å²) in [6, 6.07) is 0.315. The average Bonchev–Trinajstić information content (AvgIpc) is 2.61. The number of nitrogens with one attached hydrogen (secondary N) is 1. The van der Waals surface area contributed by atoms with E-state index >= 15 is 0 Å². The van der Waals surface area contributed by atoms with Gasteiger partial charge in [-0.2, -0.15) is 0 Å². The lowest BCUT2D eigenvalue weighted by Crippen LogP contribution is -2.47. The highest BCUT2D eigenvalue weighted by Gasteiger charge is 2.39. The van der Waals surface area contributed by atoms with Crippen molar-refractivity contribution < 1.29 is 4.79 Å². The van der Waals surface area contributed by atoms with Crippen molar-refractivity contribution in [3.8, 4) is 0 Å². The van der Waals surface area contributed by atoms with Gasteiger partial charge in [0.1, 0.15) is 0 Å². The molecule has 1 fully saturated rings. The van der Waals surface area contributed by atoms with E-state index < -0.39 is 0 Å². The zero-order valence-electron chi connectivity index (χ0n) is 10.5. The molecule has 0 aromatic heterocycles. The van der Waals surface area contributed by atoms with Crippen LogP contribution in [-0.2, 0) is 4.79 Å². The van der Waals surface area contributed by atoms with Gasteiger partial charge in [-0.05, 0) is 40.2 Å². The van der Waals surface area contributed by atoms with Gasteiger partial charge < -0.3 is 10.2 Å². The summed E-state index contributed by atoms with van der Waals surface area (Å²) in [6.07, 6.45) is 2.01. The van der Waals surface area contributed by atoms with Crippen molar-refractivity contribution in [2.45, 2.75) is 46.6 Å². The zero-order valence-corrected chi connectivity index (χ0v) is 10.5. The van der Waals surface area contributed by atoms with Gasteiger partial charge in [-0.3, -0.25) is 4.79 Å². The molecule has 0 aromatic carbocycles. The summed E-state index contributed by atoms with van der Waals surface area (Å²) < 4.78 is 0. The Morgan fingerprint density at radius 1 is 1.53 bits per heavy atom. The molecule has 0 aliphatic carbocycles. The number of carbonyl (C=O) groups excluding carboxylic acids is 1. The van der Waals surface area contributed by atoms with E-state index in [-0.39, 0.29) is 5.41 Å². The van der Waals surface area contributed by atoms with E-state index in [9.17, 15) is 4.79 Å². The first kappa shape index (κ1) is 12.5. The molecule has 0 saturated carbocycles. The smallest absolute Gasteiger partial charge is 0.230 e. The molecule has 0 aromatic rings. The topological polar surface area (TPSA) is 32.3 Å². The van der Waals surface area contributed by atoms with Gasteiger partial charge in [0.2, 0.25) is 5.91 Å². The lowest BCUT2D eigenvalue weighted by Gasteiger charge is -2.34. The largest absolute Gasteiger partial charge is 0.340 e. The lowest BCUT2D eigenvalue weighted by atomic mass is 9.87. The van der Waals surface area contributed by atoms with Crippen LogP contribution in [0, 0.1) is 5.41 Å². The quantitative estimate of drug-likeness (QED) is 0.768. The van der Waals surface area contributed by atoms with Crippen molar-refractivity contribution in [1.82, 2.24) is 10.2 Å². The van der Waals surface area contributed by atoms with Gasteiger partial charge >= 0.3 is 0 Å². The summed E-state index contributed by atoms with van der Waals surface area (Å²) in [4.78, 5) is 14.4. The zero-order chi connectivity index (χ0) is 11.5. The average molecular weight is 212 g/mol. The van der Waals surface area contributed by atoms with Crippen LogP contribution in [0.4, 0.5) is 0 Å². The number of nitrogens with zero attached hydrogens (tertiary/aromatic N) is 1. The SMILES string of the molecule is CCCN(C(=O)C1(C)CCNC1)C(C)C. The molecule has 1 rings (SSSR count). The van der Waals surface area contributed by atoms with Gasteiger partial charge in [-0.25, -0.2) is 0 Å². The maximum atomic E-state index is 12.4. The highest BCUT2D eigenvalue weighted by Crippen LogP contribution is 2.28. The molecule has 0 bridgehead atoms. The highest BCUT2D eigenvalue weighted by molar-refractivity contribution is 5.83. The molecule has 88 valence electrons. The molecule has 1 aliphatic rings. The molecule has 1 atom stereocenters. The van der Waals surface area contributed by atoms with Crippen LogP contribution in [0.15, 0.2) is 0 Å². The van der Waals surface area contributed by atoms with Gasteiger partial charge in [0.05, 0.1) is 5.41 Å². The van der Waals surface area contributed by atoms with E-state index in [4.69, 9.17) is 0 Å². The van der Waals surface area contributed by atoms with Crippen LogP contribution in [0.25, 0.3) is 0 Å². The minimum Gasteiger partial charge on any atom is -0.340 e. The van der Waals surface area contributed by atoms with Gasteiger partial charge in [-0.15, -0.1) is 0 Å². The molecule has 1 heterocycles. The van der Waals surface area contributed by atoms with E-state index in [0.717, 1.165) is 32.5 Å². The minimum absolute atomic E-state index is 0.167. The third kappa shape index (κ3) is 2.71. The van der Waals surface area contributed by atoms with Crippen molar-refractivity contribution in [3.05, 3.63) is 0 Å². The van der Waals surface area contributed by atoms with E-state index in [1.807, 2.05) is 4.90 Å². The number of carbonyl (C=O) groups is 1. The van der Waals surface area contributed by atoms with Crippen LogP contribution in [0.1, 0.15) is 40.5 Å². The Hall–Kier alpha value is -0.570. The van der Waals surface area contributed by atoms with Crippen molar-refractivity contribution in [2.75, 3.05) is 19.6 Å². The summed E-state index contributed by atoms with van der Waals surface area (Å²) in [6.45, 7) is 11.1. The number of rotatable bonds is 4. The van der Waals surface area contributed by atoms with Gasteiger partial charge in [0.25, 0.3) is 0 Å². The molecular weight excluding hydrogens is 188 g/mol.